The molecule has 0 radical (unpaired) electrons. The van der Waals surface area contributed by atoms with E-state index in [4.69, 9.17) is 0 Å². The highest BCUT2D eigenvalue weighted by Crippen LogP contribution is 2.27. The number of carbonyl (C=O) groups excluding carboxylic acids is 2. The van der Waals surface area contributed by atoms with Crippen molar-refractivity contribution in [2.45, 2.75) is 31.1 Å². The molecule has 1 fully saturated rings. The molecule has 4 rings (SSSR count). The SMILES string of the molecule is CCCc1ccc(N2CC(C(=O)Nc3ccc(S(=O)(=O)Nc4ncccn4)cc3)CC2=O)cc1. The first-order valence-electron chi connectivity index (χ1n) is 11.0. The predicted molar refractivity (Wildman–Crippen MR) is 129 cm³/mol. The summed E-state index contributed by atoms with van der Waals surface area (Å²) in [6.45, 7) is 2.41. The van der Waals surface area contributed by atoms with Crippen molar-refractivity contribution in [3.63, 3.8) is 0 Å². The Morgan fingerprint density at radius 1 is 1.06 bits per heavy atom. The van der Waals surface area contributed by atoms with E-state index in [0.717, 1.165) is 18.5 Å². The lowest BCUT2D eigenvalue weighted by Gasteiger charge is -2.17. The molecule has 1 atom stereocenters. The molecule has 10 heteroatoms. The molecule has 0 saturated carbocycles. The molecule has 0 aliphatic carbocycles. The molecule has 1 unspecified atom stereocenters. The molecule has 1 aromatic heterocycles. The van der Waals surface area contributed by atoms with E-state index in [-0.39, 0.29) is 29.1 Å². The molecule has 3 aromatic rings. The Morgan fingerprint density at radius 3 is 2.38 bits per heavy atom. The van der Waals surface area contributed by atoms with Crippen LogP contribution in [-0.4, -0.2) is 36.7 Å². The van der Waals surface area contributed by atoms with E-state index in [0.29, 0.717) is 12.2 Å². The van der Waals surface area contributed by atoms with Gasteiger partial charge < -0.3 is 10.2 Å². The molecule has 0 bridgehead atoms. The first-order chi connectivity index (χ1) is 16.4. The third-order valence-electron chi connectivity index (χ3n) is 5.51. The highest BCUT2D eigenvalue weighted by atomic mass is 32.2. The Labute approximate surface area is 198 Å². The Kier molecular flexibility index (Phi) is 6.87. The van der Waals surface area contributed by atoms with Crippen molar-refractivity contribution in [2.24, 2.45) is 5.92 Å². The minimum absolute atomic E-state index is 0.00620. The quantitative estimate of drug-likeness (QED) is 0.512. The second kappa shape index (κ2) is 10.0. The lowest BCUT2D eigenvalue weighted by Crippen LogP contribution is -2.28. The fourth-order valence-corrected chi connectivity index (χ4v) is 4.71. The first-order valence-corrected chi connectivity index (χ1v) is 12.4. The average Bonchev–Trinajstić information content (AvgIpc) is 3.22. The topological polar surface area (TPSA) is 121 Å². The third-order valence-corrected chi connectivity index (χ3v) is 6.85. The van der Waals surface area contributed by atoms with Gasteiger partial charge >= 0.3 is 0 Å². The van der Waals surface area contributed by atoms with Crippen molar-refractivity contribution in [1.82, 2.24) is 9.97 Å². The van der Waals surface area contributed by atoms with Gasteiger partial charge in [0.15, 0.2) is 0 Å². The van der Waals surface area contributed by atoms with Crippen molar-refractivity contribution in [3.05, 3.63) is 72.6 Å². The van der Waals surface area contributed by atoms with Crippen molar-refractivity contribution >= 4 is 39.2 Å². The summed E-state index contributed by atoms with van der Waals surface area (Å²) in [6, 6.07) is 15.2. The van der Waals surface area contributed by atoms with E-state index in [1.165, 1.54) is 42.2 Å². The number of aromatic nitrogens is 2. The zero-order valence-electron chi connectivity index (χ0n) is 18.6. The van der Waals surface area contributed by atoms with Gasteiger partial charge in [0.1, 0.15) is 0 Å². The van der Waals surface area contributed by atoms with Gasteiger partial charge in [0.05, 0.1) is 10.8 Å². The van der Waals surface area contributed by atoms with Gasteiger partial charge in [0, 0.05) is 36.7 Å². The van der Waals surface area contributed by atoms with Crippen LogP contribution in [0.4, 0.5) is 17.3 Å². The summed E-state index contributed by atoms with van der Waals surface area (Å²) in [5, 5.41) is 2.77. The molecule has 2 aromatic carbocycles. The molecule has 1 aliphatic rings. The maximum atomic E-state index is 12.8. The van der Waals surface area contributed by atoms with Gasteiger partial charge in [-0.05, 0) is 54.4 Å². The number of aryl methyl sites for hydroxylation is 1. The molecule has 176 valence electrons. The fourth-order valence-electron chi connectivity index (χ4n) is 3.76. The van der Waals surface area contributed by atoms with E-state index >= 15 is 0 Å². The number of rotatable bonds is 8. The molecule has 1 aliphatic heterocycles. The minimum atomic E-state index is -3.87. The van der Waals surface area contributed by atoms with Gasteiger partial charge in [-0.1, -0.05) is 25.5 Å². The summed E-state index contributed by atoms with van der Waals surface area (Å²) in [5.41, 5.74) is 2.43. The maximum absolute atomic E-state index is 12.8. The van der Waals surface area contributed by atoms with Gasteiger partial charge in [-0.15, -0.1) is 0 Å². The first kappa shape index (κ1) is 23.4. The molecule has 2 amide bonds. The second-order valence-electron chi connectivity index (χ2n) is 8.01. The fraction of sp³-hybridized carbons (Fsp3) is 0.250. The van der Waals surface area contributed by atoms with Crippen LogP contribution in [0.2, 0.25) is 0 Å². The van der Waals surface area contributed by atoms with Gasteiger partial charge in [0.25, 0.3) is 10.0 Å². The largest absolute Gasteiger partial charge is 0.326 e. The Bertz CT molecular complexity index is 1260. The zero-order valence-corrected chi connectivity index (χ0v) is 19.5. The van der Waals surface area contributed by atoms with E-state index in [1.807, 2.05) is 24.3 Å². The van der Waals surface area contributed by atoms with Crippen LogP contribution in [0.1, 0.15) is 25.3 Å². The Balaban J connectivity index is 1.37. The number of nitrogens with one attached hydrogen (secondary N) is 2. The standard InChI is InChI=1S/C24H25N5O4S/c1-2-4-17-5-9-20(10-6-17)29-16-18(15-22(29)30)23(31)27-19-7-11-21(12-8-19)34(32,33)28-24-25-13-3-14-26-24/h3,5-14,18H,2,4,15-16H2,1H3,(H,27,31)(H,25,26,28). The van der Waals surface area contributed by atoms with Crippen LogP contribution in [0.5, 0.6) is 0 Å². The predicted octanol–water partition coefficient (Wildman–Crippen LogP) is 3.22. The smallest absolute Gasteiger partial charge is 0.264 e. The number of anilines is 3. The monoisotopic (exact) mass is 479 g/mol. The minimum Gasteiger partial charge on any atom is -0.326 e. The number of nitrogens with zero attached hydrogens (tertiary/aromatic N) is 3. The van der Waals surface area contributed by atoms with Crippen LogP contribution >= 0.6 is 0 Å². The summed E-state index contributed by atoms with van der Waals surface area (Å²) in [6.07, 6.45) is 5.01. The Morgan fingerprint density at radius 2 is 1.74 bits per heavy atom. The third kappa shape index (κ3) is 5.40. The van der Waals surface area contributed by atoms with E-state index < -0.39 is 15.9 Å². The maximum Gasteiger partial charge on any atom is 0.264 e. The summed E-state index contributed by atoms with van der Waals surface area (Å²) in [5.74, 6) is -0.914. The zero-order chi connectivity index (χ0) is 24.1. The highest BCUT2D eigenvalue weighted by molar-refractivity contribution is 7.92. The van der Waals surface area contributed by atoms with Crippen LogP contribution in [0, 0.1) is 5.92 Å². The summed E-state index contributed by atoms with van der Waals surface area (Å²) in [4.78, 5) is 34.6. The van der Waals surface area contributed by atoms with Crippen LogP contribution < -0.4 is 14.9 Å². The number of carbonyl (C=O) groups is 2. The molecule has 9 nitrogen and oxygen atoms in total. The summed E-state index contributed by atoms with van der Waals surface area (Å²) < 4.78 is 27.3. The van der Waals surface area contributed by atoms with Crippen molar-refractivity contribution in [3.8, 4) is 0 Å². The molecule has 34 heavy (non-hydrogen) atoms. The second-order valence-corrected chi connectivity index (χ2v) is 9.70. The number of hydrogen-bond acceptors (Lipinski definition) is 6. The van der Waals surface area contributed by atoms with E-state index in [2.05, 4.69) is 26.9 Å². The van der Waals surface area contributed by atoms with Gasteiger partial charge in [-0.25, -0.2) is 23.1 Å². The normalized spacial score (nSPS) is 15.9. The van der Waals surface area contributed by atoms with Crippen LogP contribution in [0.15, 0.2) is 71.9 Å². The number of sulfonamides is 1. The molecule has 1 saturated heterocycles. The number of hydrogen-bond donors (Lipinski definition) is 2. The molecular weight excluding hydrogens is 454 g/mol. The van der Waals surface area contributed by atoms with E-state index in [9.17, 15) is 18.0 Å². The summed E-state index contributed by atoms with van der Waals surface area (Å²) >= 11 is 0. The molecule has 2 N–H and O–H groups in total. The molecule has 0 spiro atoms. The summed E-state index contributed by atoms with van der Waals surface area (Å²) in [7, 11) is -3.87. The lowest BCUT2D eigenvalue weighted by atomic mass is 10.1. The van der Waals surface area contributed by atoms with Gasteiger partial charge in [0.2, 0.25) is 17.8 Å². The van der Waals surface area contributed by atoms with Crippen molar-refractivity contribution < 1.29 is 18.0 Å². The van der Waals surface area contributed by atoms with E-state index in [1.54, 1.807) is 11.0 Å². The van der Waals surface area contributed by atoms with Crippen LogP contribution in [0.25, 0.3) is 0 Å². The van der Waals surface area contributed by atoms with Gasteiger partial charge in [-0.2, -0.15) is 0 Å². The molecular formula is C24H25N5O4S. The van der Waals surface area contributed by atoms with Crippen molar-refractivity contribution in [2.75, 3.05) is 21.5 Å². The van der Waals surface area contributed by atoms with Crippen LogP contribution in [0.3, 0.4) is 0 Å². The highest BCUT2D eigenvalue weighted by Gasteiger charge is 2.35. The van der Waals surface area contributed by atoms with Crippen LogP contribution in [-0.2, 0) is 26.0 Å². The van der Waals surface area contributed by atoms with Crippen molar-refractivity contribution in [1.29, 1.82) is 0 Å². The van der Waals surface area contributed by atoms with Gasteiger partial charge in [-0.3, -0.25) is 9.59 Å². The lowest BCUT2D eigenvalue weighted by molar-refractivity contribution is -0.122. The Hall–Kier alpha value is -3.79. The number of benzene rings is 2. The average molecular weight is 480 g/mol. The number of amides is 2. The molecule has 2 heterocycles.